The Labute approximate surface area is 348 Å². The summed E-state index contributed by atoms with van der Waals surface area (Å²) in [6.45, 7) is 4.06. The van der Waals surface area contributed by atoms with Gasteiger partial charge in [0.15, 0.2) is 0 Å². The van der Waals surface area contributed by atoms with Gasteiger partial charge in [-0.05, 0) is 51.4 Å². The minimum atomic E-state index is -1.29. The molecule has 0 saturated carbocycles. The molecule has 56 heavy (non-hydrogen) atoms. The van der Waals surface area contributed by atoms with E-state index in [1.807, 2.05) is 0 Å². The second-order valence-electron chi connectivity index (χ2n) is 17.2. The number of carbonyl (C=O) groups is 1. The highest BCUT2D eigenvalue weighted by molar-refractivity contribution is 5.80. The van der Waals surface area contributed by atoms with Crippen LogP contribution in [0.1, 0.15) is 258 Å². The Balaban J connectivity index is 3.72. The fourth-order valence-electron chi connectivity index (χ4n) is 7.72. The van der Waals surface area contributed by atoms with E-state index in [9.17, 15) is 25.2 Å². The second-order valence-corrected chi connectivity index (χ2v) is 17.2. The fraction of sp³-hybridized carbons (Fsp3) is 0.900. The number of allylic oxidation sites excluding steroid dienone is 4. The largest absolute Gasteiger partial charge is 0.394 e. The molecule has 4 atom stereocenters. The highest BCUT2D eigenvalue weighted by Gasteiger charge is 2.28. The standard InChI is InChI=1S/C50H97NO5/c1-3-5-7-9-11-13-15-17-19-21-23-24-26-28-30-32-34-36-38-40-42-44-48(54)50(56)51-46(45-52)49(55)47(53)43-41-39-37-35-33-31-29-27-25-22-20-18-16-14-12-10-8-6-4-2/h27,29,35,37,46-49,52-55H,3-26,28,30-34,36,38-45H2,1-2H3,(H,51,56)/b29-27+,37-35+. The molecule has 0 saturated heterocycles. The lowest BCUT2D eigenvalue weighted by Gasteiger charge is -2.27. The molecule has 0 aliphatic heterocycles. The highest BCUT2D eigenvalue weighted by Crippen LogP contribution is 2.17. The summed E-state index contributed by atoms with van der Waals surface area (Å²) in [5.41, 5.74) is 0. The molecule has 0 radical (unpaired) electrons. The van der Waals surface area contributed by atoms with Crippen molar-refractivity contribution >= 4 is 5.91 Å². The van der Waals surface area contributed by atoms with E-state index in [1.165, 1.54) is 186 Å². The quantitative estimate of drug-likeness (QED) is 0.0312. The second kappa shape index (κ2) is 44.9. The number of aliphatic hydroxyl groups excluding tert-OH is 4. The Morgan fingerprint density at radius 2 is 0.750 bits per heavy atom. The first kappa shape index (κ1) is 54.8. The van der Waals surface area contributed by atoms with E-state index in [2.05, 4.69) is 43.5 Å². The van der Waals surface area contributed by atoms with Crippen LogP contribution in [0, 0.1) is 0 Å². The lowest BCUT2D eigenvalue weighted by Crippen LogP contribution is -2.53. The van der Waals surface area contributed by atoms with Crippen LogP contribution in [0.2, 0.25) is 0 Å². The first-order chi connectivity index (χ1) is 27.5. The van der Waals surface area contributed by atoms with Gasteiger partial charge in [-0.3, -0.25) is 4.79 Å². The molecule has 6 nitrogen and oxygen atoms in total. The minimum absolute atomic E-state index is 0.364. The monoisotopic (exact) mass is 792 g/mol. The molecule has 0 aliphatic carbocycles. The van der Waals surface area contributed by atoms with Gasteiger partial charge in [0.05, 0.1) is 18.8 Å². The number of aliphatic hydroxyl groups is 4. The summed E-state index contributed by atoms with van der Waals surface area (Å²) < 4.78 is 0. The molecule has 0 aliphatic rings. The van der Waals surface area contributed by atoms with Crippen molar-refractivity contribution in [3.05, 3.63) is 24.3 Å². The van der Waals surface area contributed by atoms with Crippen LogP contribution < -0.4 is 5.32 Å². The van der Waals surface area contributed by atoms with E-state index in [4.69, 9.17) is 0 Å². The van der Waals surface area contributed by atoms with Crippen LogP contribution in [0.15, 0.2) is 24.3 Å². The van der Waals surface area contributed by atoms with Crippen LogP contribution >= 0.6 is 0 Å². The first-order valence-electron chi connectivity index (χ1n) is 24.7. The molecule has 332 valence electrons. The molecule has 0 aromatic heterocycles. The molecule has 0 rings (SSSR count). The number of carbonyl (C=O) groups excluding carboxylic acids is 1. The summed E-state index contributed by atoms with van der Waals surface area (Å²) in [6, 6.07) is -1.01. The van der Waals surface area contributed by atoms with Crippen molar-refractivity contribution in [1.82, 2.24) is 5.32 Å². The predicted octanol–water partition coefficient (Wildman–Crippen LogP) is 13.5. The third kappa shape index (κ3) is 38.3. The number of unbranched alkanes of at least 4 members (excludes halogenated alkanes) is 32. The van der Waals surface area contributed by atoms with Gasteiger partial charge in [-0.25, -0.2) is 0 Å². The molecule has 0 aromatic carbocycles. The Kier molecular flexibility index (Phi) is 43.9. The molecule has 0 spiro atoms. The average Bonchev–Trinajstić information content (AvgIpc) is 3.20. The van der Waals surface area contributed by atoms with Crippen molar-refractivity contribution in [2.24, 2.45) is 0 Å². The summed E-state index contributed by atoms with van der Waals surface area (Å²) in [4.78, 5) is 12.5. The predicted molar refractivity (Wildman–Crippen MR) is 242 cm³/mol. The normalized spacial score (nSPS) is 14.2. The van der Waals surface area contributed by atoms with Gasteiger partial charge in [0.1, 0.15) is 12.2 Å². The van der Waals surface area contributed by atoms with Crippen molar-refractivity contribution in [1.29, 1.82) is 0 Å². The Hall–Kier alpha value is -1.21. The summed E-state index contributed by atoms with van der Waals surface area (Å²) in [6.07, 6.45) is 52.2. The zero-order valence-corrected chi connectivity index (χ0v) is 37.4. The summed E-state index contributed by atoms with van der Waals surface area (Å²) in [7, 11) is 0. The number of hydrogen-bond donors (Lipinski definition) is 5. The zero-order chi connectivity index (χ0) is 41.0. The molecule has 0 bridgehead atoms. The van der Waals surface area contributed by atoms with E-state index in [-0.39, 0.29) is 0 Å². The van der Waals surface area contributed by atoms with Gasteiger partial charge in [-0.1, -0.05) is 231 Å². The van der Waals surface area contributed by atoms with Crippen molar-refractivity contribution in [3.63, 3.8) is 0 Å². The molecule has 5 N–H and O–H groups in total. The maximum absolute atomic E-state index is 12.5. The van der Waals surface area contributed by atoms with Crippen LogP contribution in [-0.2, 0) is 4.79 Å². The van der Waals surface area contributed by atoms with E-state index in [0.717, 1.165) is 38.5 Å². The van der Waals surface area contributed by atoms with E-state index >= 15 is 0 Å². The van der Waals surface area contributed by atoms with E-state index in [1.54, 1.807) is 0 Å². The molecular formula is C50H97NO5. The summed E-state index contributed by atoms with van der Waals surface area (Å²) >= 11 is 0. The molecule has 0 fully saturated rings. The number of nitrogens with one attached hydrogen (secondary N) is 1. The Morgan fingerprint density at radius 1 is 0.429 bits per heavy atom. The Morgan fingerprint density at radius 3 is 1.12 bits per heavy atom. The van der Waals surface area contributed by atoms with Crippen LogP contribution in [0.25, 0.3) is 0 Å². The number of rotatable bonds is 45. The van der Waals surface area contributed by atoms with Gasteiger partial charge >= 0.3 is 0 Å². The SMILES string of the molecule is CCCCCCCCCCCC/C=C/CC/C=C/CCCC(O)C(O)C(CO)NC(=O)C(O)CCCCCCCCCCCCCCCCCCCCCCC. The third-order valence-corrected chi connectivity index (χ3v) is 11.6. The van der Waals surface area contributed by atoms with Crippen molar-refractivity contribution in [3.8, 4) is 0 Å². The van der Waals surface area contributed by atoms with E-state index in [0.29, 0.717) is 19.3 Å². The topological polar surface area (TPSA) is 110 Å². The third-order valence-electron chi connectivity index (χ3n) is 11.6. The lowest BCUT2D eigenvalue weighted by molar-refractivity contribution is -0.132. The van der Waals surface area contributed by atoms with Gasteiger partial charge in [0.25, 0.3) is 0 Å². The van der Waals surface area contributed by atoms with Gasteiger partial charge in [0, 0.05) is 0 Å². The van der Waals surface area contributed by atoms with Crippen LogP contribution in [-0.4, -0.2) is 57.3 Å². The van der Waals surface area contributed by atoms with E-state index < -0.39 is 36.9 Å². The van der Waals surface area contributed by atoms with Crippen LogP contribution in [0.5, 0.6) is 0 Å². The molecule has 6 heteroatoms. The number of hydrogen-bond acceptors (Lipinski definition) is 5. The fourth-order valence-corrected chi connectivity index (χ4v) is 7.72. The molecule has 1 amide bonds. The summed E-state index contributed by atoms with van der Waals surface area (Å²) in [5.74, 6) is -0.594. The van der Waals surface area contributed by atoms with Gasteiger partial charge in [0.2, 0.25) is 5.91 Å². The molecule has 0 aromatic rings. The number of amides is 1. The smallest absolute Gasteiger partial charge is 0.249 e. The zero-order valence-electron chi connectivity index (χ0n) is 37.4. The van der Waals surface area contributed by atoms with Crippen molar-refractivity contribution < 1.29 is 25.2 Å². The maximum atomic E-state index is 12.5. The van der Waals surface area contributed by atoms with Crippen molar-refractivity contribution in [2.75, 3.05) is 6.61 Å². The molecule has 0 heterocycles. The van der Waals surface area contributed by atoms with Gasteiger partial charge in [-0.15, -0.1) is 0 Å². The Bertz CT molecular complexity index is 847. The van der Waals surface area contributed by atoms with Crippen LogP contribution in [0.3, 0.4) is 0 Å². The summed E-state index contributed by atoms with van der Waals surface area (Å²) in [5, 5.41) is 43.8. The minimum Gasteiger partial charge on any atom is -0.394 e. The molecular weight excluding hydrogens is 695 g/mol. The maximum Gasteiger partial charge on any atom is 0.249 e. The van der Waals surface area contributed by atoms with Gasteiger partial charge in [-0.2, -0.15) is 0 Å². The van der Waals surface area contributed by atoms with Gasteiger partial charge < -0.3 is 25.7 Å². The average molecular weight is 792 g/mol. The molecule has 4 unspecified atom stereocenters. The highest BCUT2D eigenvalue weighted by atomic mass is 16.3. The first-order valence-corrected chi connectivity index (χ1v) is 24.7. The van der Waals surface area contributed by atoms with Crippen LogP contribution in [0.4, 0.5) is 0 Å². The lowest BCUT2D eigenvalue weighted by atomic mass is 10.00. The van der Waals surface area contributed by atoms with Crippen molar-refractivity contribution in [2.45, 2.75) is 282 Å².